The molecule has 0 aliphatic carbocycles. The Bertz CT molecular complexity index is 665. The predicted octanol–water partition coefficient (Wildman–Crippen LogP) is 3.63. The maximum Gasteiger partial charge on any atom is 0.253 e. The van der Waals surface area contributed by atoms with Crippen molar-refractivity contribution in [2.75, 3.05) is 27.2 Å². The molecule has 0 saturated heterocycles. The van der Waals surface area contributed by atoms with Gasteiger partial charge in [-0.1, -0.05) is 29.8 Å². The summed E-state index contributed by atoms with van der Waals surface area (Å²) in [6.45, 7) is 1.82. The van der Waals surface area contributed by atoms with Crippen molar-refractivity contribution in [3.8, 4) is 5.75 Å². The van der Waals surface area contributed by atoms with E-state index in [0.29, 0.717) is 29.5 Å². The Kier molecular flexibility index (Phi) is 8.61. The Labute approximate surface area is 154 Å². The van der Waals surface area contributed by atoms with Gasteiger partial charge in [0.15, 0.2) is 0 Å². The molecule has 2 aromatic rings. The van der Waals surface area contributed by atoms with Crippen LogP contribution in [0.4, 0.5) is 0 Å². The monoisotopic (exact) mass is 368 g/mol. The molecule has 0 saturated carbocycles. The molecule has 0 unspecified atom stereocenters. The first-order valence-electron chi connectivity index (χ1n) is 7.47. The smallest absolute Gasteiger partial charge is 0.253 e. The molecule has 0 atom stereocenters. The first kappa shape index (κ1) is 20.3. The minimum absolute atomic E-state index is 0. The zero-order valence-electron chi connectivity index (χ0n) is 13.8. The van der Waals surface area contributed by atoms with Gasteiger partial charge in [-0.3, -0.25) is 4.79 Å². The fourth-order valence-electron chi connectivity index (χ4n) is 2.11. The largest absolute Gasteiger partial charge is 0.489 e. The van der Waals surface area contributed by atoms with Crippen LogP contribution in [0.1, 0.15) is 15.9 Å². The van der Waals surface area contributed by atoms with Gasteiger partial charge in [0.05, 0.1) is 0 Å². The molecule has 1 amide bonds. The molecule has 6 heteroatoms. The predicted molar refractivity (Wildman–Crippen MR) is 100 cm³/mol. The van der Waals surface area contributed by atoms with Crippen molar-refractivity contribution >= 4 is 29.9 Å². The molecule has 2 aromatic carbocycles. The van der Waals surface area contributed by atoms with E-state index < -0.39 is 0 Å². The van der Waals surface area contributed by atoms with Gasteiger partial charge in [-0.05, 0) is 42.9 Å². The number of likely N-dealkylation sites (N-methyl/N-ethyl adjacent to an activating group) is 2. The van der Waals surface area contributed by atoms with Crippen LogP contribution in [-0.2, 0) is 6.61 Å². The Hall–Kier alpha value is -1.75. The topological polar surface area (TPSA) is 41.6 Å². The summed E-state index contributed by atoms with van der Waals surface area (Å²) in [5.74, 6) is 0.645. The molecule has 4 nitrogen and oxygen atoms in total. The Balaban J connectivity index is 0.00000288. The SMILES string of the molecule is CNCCN(C)C(=O)c1cccc(OCc2cccc(Cl)c2)c1.Cl. The lowest BCUT2D eigenvalue weighted by molar-refractivity contribution is 0.0796. The molecule has 0 bridgehead atoms. The van der Waals surface area contributed by atoms with Crippen LogP contribution >= 0.6 is 24.0 Å². The standard InChI is InChI=1S/C18H21ClN2O2.ClH/c1-20-9-10-21(2)18(22)15-6-4-8-17(12-15)23-13-14-5-3-7-16(19)11-14;/h3-8,11-12,20H,9-10,13H2,1-2H3;1H. The van der Waals surface area contributed by atoms with Crippen molar-refractivity contribution in [3.63, 3.8) is 0 Å². The average molecular weight is 369 g/mol. The molecule has 0 fully saturated rings. The maximum atomic E-state index is 12.3. The van der Waals surface area contributed by atoms with Gasteiger partial charge in [0.2, 0.25) is 0 Å². The van der Waals surface area contributed by atoms with E-state index in [4.69, 9.17) is 16.3 Å². The number of hydrogen-bond acceptors (Lipinski definition) is 3. The quantitative estimate of drug-likeness (QED) is 0.810. The summed E-state index contributed by atoms with van der Waals surface area (Å²) >= 11 is 5.96. The van der Waals surface area contributed by atoms with E-state index >= 15 is 0 Å². The highest BCUT2D eigenvalue weighted by Crippen LogP contribution is 2.17. The zero-order valence-corrected chi connectivity index (χ0v) is 15.4. The number of benzene rings is 2. The zero-order chi connectivity index (χ0) is 16.7. The number of rotatable bonds is 7. The fraction of sp³-hybridized carbons (Fsp3) is 0.278. The van der Waals surface area contributed by atoms with Crippen LogP contribution in [0.2, 0.25) is 5.02 Å². The van der Waals surface area contributed by atoms with Crippen molar-refractivity contribution in [3.05, 3.63) is 64.7 Å². The lowest BCUT2D eigenvalue weighted by atomic mass is 10.2. The molecule has 2 rings (SSSR count). The highest BCUT2D eigenvalue weighted by Gasteiger charge is 2.11. The van der Waals surface area contributed by atoms with Crippen LogP contribution in [0.3, 0.4) is 0 Å². The second-order valence-electron chi connectivity index (χ2n) is 5.28. The van der Waals surface area contributed by atoms with Crippen LogP contribution in [0.15, 0.2) is 48.5 Å². The number of ether oxygens (including phenoxy) is 1. The van der Waals surface area contributed by atoms with Crippen LogP contribution in [-0.4, -0.2) is 38.0 Å². The molecule has 0 spiro atoms. The lowest BCUT2D eigenvalue weighted by Crippen LogP contribution is -2.32. The van der Waals surface area contributed by atoms with E-state index in [1.165, 1.54) is 0 Å². The van der Waals surface area contributed by atoms with E-state index in [1.54, 1.807) is 24.1 Å². The normalized spacial score (nSPS) is 9.96. The third kappa shape index (κ3) is 6.04. The number of carbonyl (C=O) groups is 1. The summed E-state index contributed by atoms with van der Waals surface area (Å²) in [5.41, 5.74) is 1.60. The third-order valence-corrected chi connectivity index (χ3v) is 3.65. The maximum absolute atomic E-state index is 12.3. The van der Waals surface area contributed by atoms with Gasteiger partial charge in [0, 0.05) is 30.7 Å². The van der Waals surface area contributed by atoms with Crippen molar-refractivity contribution in [2.45, 2.75) is 6.61 Å². The molecule has 0 aliphatic rings. The van der Waals surface area contributed by atoms with E-state index in [1.807, 2.05) is 43.4 Å². The van der Waals surface area contributed by atoms with Crippen molar-refractivity contribution < 1.29 is 9.53 Å². The van der Waals surface area contributed by atoms with Gasteiger partial charge in [-0.2, -0.15) is 0 Å². The van der Waals surface area contributed by atoms with Crippen molar-refractivity contribution in [1.29, 1.82) is 0 Å². The van der Waals surface area contributed by atoms with Crippen molar-refractivity contribution in [2.24, 2.45) is 0 Å². The summed E-state index contributed by atoms with van der Waals surface area (Å²) in [4.78, 5) is 14.0. The number of amides is 1. The van der Waals surface area contributed by atoms with Crippen molar-refractivity contribution in [1.82, 2.24) is 10.2 Å². The summed E-state index contributed by atoms with van der Waals surface area (Å²) in [7, 11) is 3.65. The van der Waals surface area contributed by atoms with E-state index in [-0.39, 0.29) is 18.3 Å². The second kappa shape index (κ2) is 10.2. The highest BCUT2D eigenvalue weighted by atomic mass is 35.5. The molecule has 0 aliphatic heterocycles. The van der Waals surface area contributed by atoms with Crippen LogP contribution in [0.5, 0.6) is 5.75 Å². The summed E-state index contributed by atoms with van der Waals surface area (Å²) in [5, 5.41) is 3.71. The number of nitrogens with zero attached hydrogens (tertiary/aromatic N) is 1. The van der Waals surface area contributed by atoms with Gasteiger partial charge in [-0.15, -0.1) is 12.4 Å². The Morgan fingerprint density at radius 1 is 1.21 bits per heavy atom. The highest BCUT2D eigenvalue weighted by molar-refractivity contribution is 6.30. The molecular weight excluding hydrogens is 347 g/mol. The third-order valence-electron chi connectivity index (χ3n) is 3.42. The summed E-state index contributed by atoms with van der Waals surface area (Å²) in [6.07, 6.45) is 0. The number of hydrogen-bond donors (Lipinski definition) is 1. The Morgan fingerprint density at radius 3 is 2.67 bits per heavy atom. The van der Waals surface area contributed by atoms with Crippen LogP contribution < -0.4 is 10.1 Å². The minimum Gasteiger partial charge on any atom is -0.489 e. The van der Waals surface area contributed by atoms with Gasteiger partial charge in [-0.25, -0.2) is 0 Å². The molecule has 0 aromatic heterocycles. The van der Waals surface area contributed by atoms with E-state index in [2.05, 4.69) is 5.32 Å². The molecule has 1 N–H and O–H groups in total. The molecule has 0 radical (unpaired) electrons. The fourth-order valence-corrected chi connectivity index (χ4v) is 2.33. The van der Waals surface area contributed by atoms with Crippen LogP contribution in [0.25, 0.3) is 0 Å². The van der Waals surface area contributed by atoms with Gasteiger partial charge >= 0.3 is 0 Å². The molecule has 0 heterocycles. The molecule has 130 valence electrons. The number of carbonyl (C=O) groups excluding carboxylic acids is 1. The molecule has 24 heavy (non-hydrogen) atoms. The van der Waals surface area contributed by atoms with Crippen LogP contribution in [0, 0.1) is 0 Å². The first-order valence-corrected chi connectivity index (χ1v) is 7.85. The van der Waals surface area contributed by atoms with Gasteiger partial charge in [0.25, 0.3) is 5.91 Å². The number of nitrogens with one attached hydrogen (secondary N) is 1. The average Bonchev–Trinajstić information content (AvgIpc) is 2.57. The van der Waals surface area contributed by atoms with E-state index in [0.717, 1.165) is 12.1 Å². The molecular formula is C18H22Cl2N2O2. The van der Waals surface area contributed by atoms with Gasteiger partial charge in [0.1, 0.15) is 12.4 Å². The van der Waals surface area contributed by atoms with Gasteiger partial charge < -0.3 is 15.0 Å². The summed E-state index contributed by atoms with van der Waals surface area (Å²) in [6, 6.07) is 14.8. The minimum atomic E-state index is -0.0199. The lowest BCUT2D eigenvalue weighted by Gasteiger charge is -2.17. The Morgan fingerprint density at radius 2 is 1.96 bits per heavy atom. The summed E-state index contributed by atoms with van der Waals surface area (Å²) < 4.78 is 5.76. The second-order valence-corrected chi connectivity index (χ2v) is 5.71. The van der Waals surface area contributed by atoms with E-state index in [9.17, 15) is 4.79 Å². The number of halogens is 2. The first-order chi connectivity index (χ1) is 11.1.